The van der Waals surface area contributed by atoms with Crippen molar-refractivity contribution >= 4 is 5.71 Å². The number of para-hydroxylation sites is 1. The lowest BCUT2D eigenvalue weighted by molar-refractivity contribution is 0.248. The summed E-state index contributed by atoms with van der Waals surface area (Å²) in [5.41, 5.74) is 5.70. The molecule has 33 heavy (non-hydrogen) atoms. The zero-order valence-corrected chi connectivity index (χ0v) is 20.4. The summed E-state index contributed by atoms with van der Waals surface area (Å²) in [6.45, 7) is 9.16. The second-order valence-electron chi connectivity index (χ2n) is 9.19. The molecule has 0 saturated carbocycles. The van der Waals surface area contributed by atoms with Gasteiger partial charge in [0, 0.05) is 18.2 Å². The molecule has 0 heterocycles. The molecule has 3 heteroatoms. The van der Waals surface area contributed by atoms with Crippen molar-refractivity contribution in [3.05, 3.63) is 102 Å². The molecule has 3 aromatic carbocycles. The number of benzene rings is 3. The van der Waals surface area contributed by atoms with E-state index in [4.69, 9.17) is 4.74 Å². The van der Waals surface area contributed by atoms with E-state index in [9.17, 15) is 5.11 Å². The first-order valence-corrected chi connectivity index (χ1v) is 11.6. The SMILES string of the molecule is CC/C=C\C(=NC)C(O)c1cccc(-c2cccc(C(C)(C)C)c2OCc2ccccc2)c1. The van der Waals surface area contributed by atoms with E-state index in [1.807, 2.05) is 48.6 Å². The summed E-state index contributed by atoms with van der Waals surface area (Å²) < 4.78 is 6.46. The number of hydrogen-bond donors (Lipinski definition) is 1. The molecule has 0 radical (unpaired) electrons. The second kappa shape index (κ2) is 11.1. The standard InChI is InChI=1S/C30H35NO2/c1-6-7-19-27(31-5)28(32)24-16-11-15-23(20-24)25-17-12-18-26(30(2,3)4)29(25)33-21-22-13-9-8-10-14-22/h7-20,28,32H,6,21H2,1-5H3/b19-7-,31-27?. The third-order valence-corrected chi connectivity index (χ3v) is 5.63. The molecule has 0 saturated heterocycles. The fraction of sp³-hybridized carbons (Fsp3) is 0.300. The van der Waals surface area contributed by atoms with Crippen molar-refractivity contribution in [2.24, 2.45) is 4.99 Å². The van der Waals surface area contributed by atoms with Crippen LogP contribution in [0.5, 0.6) is 5.75 Å². The summed E-state index contributed by atoms with van der Waals surface area (Å²) in [4.78, 5) is 4.29. The van der Waals surface area contributed by atoms with Gasteiger partial charge < -0.3 is 9.84 Å². The van der Waals surface area contributed by atoms with Crippen LogP contribution in [0.4, 0.5) is 0 Å². The van der Waals surface area contributed by atoms with Gasteiger partial charge in [0.15, 0.2) is 0 Å². The molecule has 1 N–H and O–H groups in total. The van der Waals surface area contributed by atoms with Crippen LogP contribution in [0.1, 0.15) is 56.9 Å². The van der Waals surface area contributed by atoms with Crippen molar-refractivity contribution in [2.75, 3.05) is 7.05 Å². The van der Waals surface area contributed by atoms with E-state index in [0.717, 1.165) is 40.0 Å². The molecule has 0 spiro atoms. The zero-order valence-electron chi connectivity index (χ0n) is 20.4. The van der Waals surface area contributed by atoms with E-state index >= 15 is 0 Å². The highest BCUT2D eigenvalue weighted by atomic mass is 16.5. The molecular weight excluding hydrogens is 406 g/mol. The Labute approximate surface area is 198 Å². The summed E-state index contributed by atoms with van der Waals surface area (Å²) in [5.74, 6) is 0.885. The Morgan fingerprint density at radius 3 is 2.39 bits per heavy atom. The minimum absolute atomic E-state index is 0.0772. The number of allylic oxidation sites excluding steroid dienone is 1. The van der Waals surface area contributed by atoms with E-state index in [1.165, 1.54) is 0 Å². The van der Waals surface area contributed by atoms with Crippen LogP contribution < -0.4 is 4.74 Å². The minimum Gasteiger partial charge on any atom is -0.488 e. The Balaban J connectivity index is 2.03. The van der Waals surface area contributed by atoms with Crippen molar-refractivity contribution in [2.45, 2.75) is 52.2 Å². The number of rotatable bonds is 8. The van der Waals surface area contributed by atoms with Gasteiger partial charge in [-0.25, -0.2) is 0 Å². The topological polar surface area (TPSA) is 41.8 Å². The van der Waals surface area contributed by atoms with Gasteiger partial charge in [-0.1, -0.05) is 101 Å². The molecule has 0 aliphatic carbocycles. The fourth-order valence-electron chi connectivity index (χ4n) is 3.81. The van der Waals surface area contributed by atoms with Gasteiger partial charge in [0.25, 0.3) is 0 Å². The number of nitrogens with zero attached hydrogens (tertiary/aromatic N) is 1. The molecule has 0 amide bonds. The maximum absolute atomic E-state index is 11.0. The number of aliphatic hydroxyl groups is 1. The van der Waals surface area contributed by atoms with Crippen LogP contribution in [-0.2, 0) is 12.0 Å². The van der Waals surface area contributed by atoms with Gasteiger partial charge in [-0.05, 0) is 40.7 Å². The minimum atomic E-state index is -0.780. The zero-order chi connectivity index (χ0) is 23.8. The lowest BCUT2D eigenvalue weighted by Crippen LogP contribution is -2.14. The Bertz CT molecular complexity index is 1110. The van der Waals surface area contributed by atoms with Gasteiger partial charge in [-0.3, -0.25) is 4.99 Å². The van der Waals surface area contributed by atoms with Crippen molar-refractivity contribution < 1.29 is 9.84 Å². The van der Waals surface area contributed by atoms with Crippen LogP contribution in [0.3, 0.4) is 0 Å². The van der Waals surface area contributed by atoms with Gasteiger partial charge in [-0.2, -0.15) is 0 Å². The lowest BCUT2D eigenvalue weighted by Gasteiger charge is -2.25. The first-order valence-electron chi connectivity index (χ1n) is 11.6. The Morgan fingerprint density at radius 1 is 1.00 bits per heavy atom. The molecule has 0 aliphatic rings. The van der Waals surface area contributed by atoms with Gasteiger partial charge >= 0.3 is 0 Å². The maximum atomic E-state index is 11.0. The molecule has 1 atom stereocenters. The molecule has 0 aliphatic heterocycles. The van der Waals surface area contributed by atoms with Crippen LogP contribution >= 0.6 is 0 Å². The third-order valence-electron chi connectivity index (χ3n) is 5.63. The average molecular weight is 442 g/mol. The first kappa shape index (κ1) is 24.5. The number of hydrogen-bond acceptors (Lipinski definition) is 3. The number of ether oxygens (including phenoxy) is 1. The van der Waals surface area contributed by atoms with Crippen molar-refractivity contribution in [3.8, 4) is 16.9 Å². The van der Waals surface area contributed by atoms with Crippen LogP contribution in [0, 0.1) is 0 Å². The quantitative estimate of drug-likeness (QED) is 0.373. The largest absolute Gasteiger partial charge is 0.488 e. The van der Waals surface area contributed by atoms with Gasteiger partial charge in [0.2, 0.25) is 0 Å². The molecule has 172 valence electrons. The smallest absolute Gasteiger partial charge is 0.131 e. The summed E-state index contributed by atoms with van der Waals surface area (Å²) in [7, 11) is 1.71. The molecule has 0 aromatic heterocycles. The van der Waals surface area contributed by atoms with Crippen LogP contribution in [-0.4, -0.2) is 17.9 Å². The molecule has 3 rings (SSSR count). The molecule has 3 nitrogen and oxygen atoms in total. The Morgan fingerprint density at radius 2 is 1.73 bits per heavy atom. The fourth-order valence-corrected chi connectivity index (χ4v) is 3.81. The van der Waals surface area contributed by atoms with Crippen LogP contribution in [0.25, 0.3) is 11.1 Å². The highest BCUT2D eigenvalue weighted by Crippen LogP contribution is 2.40. The Hall–Kier alpha value is -3.17. The van der Waals surface area contributed by atoms with E-state index in [-0.39, 0.29) is 5.41 Å². The van der Waals surface area contributed by atoms with Gasteiger partial charge in [0.05, 0.1) is 5.71 Å². The summed E-state index contributed by atoms with van der Waals surface area (Å²) in [6, 6.07) is 24.6. The number of aliphatic imine (C=N–C) groups is 1. The monoisotopic (exact) mass is 441 g/mol. The van der Waals surface area contributed by atoms with E-state index in [2.05, 4.69) is 69.1 Å². The number of aliphatic hydroxyl groups excluding tert-OH is 1. The van der Waals surface area contributed by atoms with Crippen molar-refractivity contribution in [3.63, 3.8) is 0 Å². The van der Waals surface area contributed by atoms with Crippen molar-refractivity contribution in [1.29, 1.82) is 0 Å². The molecule has 1 unspecified atom stereocenters. The highest BCUT2D eigenvalue weighted by molar-refractivity contribution is 5.99. The summed E-state index contributed by atoms with van der Waals surface area (Å²) in [5, 5.41) is 11.0. The Kier molecular flexibility index (Phi) is 8.24. The second-order valence-corrected chi connectivity index (χ2v) is 9.19. The summed E-state index contributed by atoms with van der Waals surface area (Å²) in [6.07, 6.45) is 4.02. The van der Waals surface area contributed by atoms with Crippen LogP contribution in [0.15, 0.2) is 89.9 Å². The lowest BCUT2D eigenvalue weighted by atomic mass is 9.84. The summed E-state index contributed by atoms with van der Waals surface area (Å²) >= 11 is 0. The predicted molar refractivity (Wildman–Crippen MR) is 139 cm³/mol. The predicted octanol–water partition coefficient (Wildman–Crippen LogP) is 7.30. The average Bonchev–Trinajstić information content (AvgIpc) is 2.83. The maximum Gasteiger partial charge on any atom is 0.131 e. The van der Waals surface area contributed by atoms with E-state index < -0.39 is 6.10 Å². The molecule has 3 aromatic rings. The first-order chi connectivity index (χ1) is 15.8. The van der Waals surface area contributed by atoms with Gasteiger partial charge in [0.1, 0.15) is 18.5 Å². The molecule has 0 bridgehead atoms. The third kappa shape index (κ3) is 6.21. The van der Waals surface area contributed by atoms with Crippen molar-refractivity contribution in [1.82, 2.24) is 0 Å². The normalized spacial score (nSPS) is 13.3. The van der Waals surface area contributed by atoms with Gasteiger partial charge in [-0.15, -0.1) is 0 Å². The van der Waals surface area contributed by atoms with E-state index in [0.29, 0.717) is 12.3 Å². The molecule has 0 fully saturated rings. The molecular formula is C30H35NO2. The van der Waals surface area contributed by atoms with E-state index in [1.54, 1.807) is 7.05 Å². The van der Waals surface area contributed by atoms with Crippen LogP contribution in [0.2, 0.25) is 0 Å². The highest BCUT2D eigenvalue weighted by Gasteiger charge is 2.23.